The van der Waals surface area contributed by atoms with Gasteiger partial charge < -0.3 is 14.2 Å². The third-order valence-corrected chi connectivity index (χ3v) is 4.15. The maximum absolute atomic E-state index is 12.1. The lowest BCUT2D eigenvalue weighted by atomic mass is 9.96. The van der Waals surface area contributed by atoms with Gasteiger partial charge in [-0.2, -0.15) is 0 Å². The van der Waals surface area contributed by atoms with E-state index in [9.17, 15) is 4.79 Å². The molecule has 1 aromatic rings. The van der Waals surface area contributed by atoms with Gasteiger partial charge in [0.25, 0.3) is 0 Å². The Hall–Kier alpha value is -1.33. The quantitative estimate of drug-likeness (QED) is 0.551. The van der Waals surface area contributed by atoms with Crippen LogP contribution < -0.4 is 0 Å². The summed E-state index contributed by atoms with van der Waals surface area (Å²) in [5.74, 6) is 0.656. The first-order valence-electron chi connectivity index (χ1n) is 7.81. The first kappa shape index (κ1) is 18.0. The Morgan fingerprint density at radius 1 is 1.22 bits per heavy atom. The van der Waals surface area contributed by atoms with Crippen molar-refractivity contribution in [2.45, 2.75) is 40.1 Å². The fourth-order valence-corrected chi connectivity index (χ4v) is 2.83. The predicted molar refractivity (Wildman–Crippen MR) is 91.6 cm³/mol. The highest BCUT2D eigenvalue weighted by atomic mass is 79.9. The molecule has 0 radical (unpaired) electrons. The minimum absolute atomic E-state index is 0.107. The summed E-state index contributed by atoms with van der Waals surface area (Å²) >= 11 is 3.39. The van der Waals surface area contributed by atoms with Crippen LogP contribution in [0, 0.1) is 11.8 Å². The number of ether oxygens (including phenoxy) is 3. The molecule has 1 fully saturated rings. The van der Waals surface area contributed by atoms with E-state index in [2.05, 4.69) is 15.9 Å². The summed E-state index contributed by atoms with van der Waals surface area (Å²) in [5, 5.41) is 0. The molecule has 1 aromatic carbocycles. The van der Waals surface area contributed by atoms with Crippen molar-refractivity contribution >= 4 is 21.9 Å². The topological polar surface area (TPSA) is 44.8 Å². The molecule has 1 atom stereocenters. The number of rotatable bonds is 5. The smallest absolute Gasteiger partial charge is 0.334 e. The lowest BCUT2D eigenvalue weighted by molar-refractivity contribution is -0.148. The van der Waals surface area contributed by atoms with E-state index >= 15 is 0 Å². The van der Waals surface area contributed by atoms with Gasteiger partial charge in [-0.3, -0.25) is 0 Å². The van der Waals surface area contributed by atoms with Crippen molar-refractivity contribution in [3.05, 3.63) is 46.1 Å². The van der Waals surface area contributed by atoms with E-state index < -0.39 is 6.29 Å². The number of benzene rings is 1. The highest BCUT2D eigenvalue weighted by Gasteiger charge is 2.26. The Morgan fingerprint density at radius 2 is 1.83 bits per heavy atom. The molecule has 0 aliphatic carbocycles. The van der Waals surface area contributed by atoms with Gasteiger partial charge in [-0.1, -0.05) is 55.8 Å². The predicted octanol–water partition coefficient (Wildman–Crippen LogP) is 4.60. The van der Waals surface area contributed by atoms with Crippen LogP contribution in [0.5, 0.6) is 0 Å². The van der Waals surface area contributed by atoms with Crippen LogP contribution in [0.15, 0.2) is 40.6 Å². The molecule has 0 spiro atoms. The van der Waals surface area contributed by atoms with Gasteiger partial charge in [0.15, 0.2) is 0 Å². The van der Waals surface area contributed by atoms with E-state index in [-0.39, 0.29) is 30.5 Å². The van der Waals surface area contributed by atoms with Gasteiger partial charge in [0.2, 0.25) is 6.29 Å². The maximum atomic E-state index is 12.1. The maximum Gasteiger partial charge on any atom is 0.334 e. The minimum atomic E-state index is -0.479. The van der Waals surface area contributed by atoms with Crippen LogP contribution in [0.1, 0.15) is 39.5 Å². The molecular formula is C18H23BrO4. The largest absolute Gasteiger partial charge is 0.462 e. The van der Waals surface area contributed by atoms with Gasteiger partial charge in [0.1, 0.15) is 18.5 Å². The number of hydrogen-bond acceptors (Lipinski definition) is 4. The number of carbonyl (C=O) groups excluding carboxylic acids is 1. The molecule has 1 unspecified atom stereocenters. The van der Waals surface area contributed by atoms with Gasteiger partial charge in [0.05, 0.1) is 6.08 Å². The Labute approximate surface area is 145 Å². The average Bonchev–Trinajstić information content (AvgIpc) is 2.93. The lowest BCUT2D eigenvalue weighted by Crippen LogP contribution is -2.28. The second-order valence-corrected chi connectivity index (χ2v) is 7.23. The molecule has 1 heterocycles. The highest BCUT2D eigenvalue weighted by molar-refractivity contribution is 9.10. The summed E-state index contributed by atoms with van der Waals surface area (Å²) in [6.45, 7) is 8.45. The third kappa shape index (κ3) is 5.08. The second-order valence-electron chi connectivity index (χ2n) is 6.31. The van der Waals surface area contributed by atoms with Gasteiger partial charge in [-0.05, 0) is 24.0 Å². The van der Waals surface area contributed by atoms with E-state index in [0.29, 0.717) is 5.76 Å². The van der Waals surface area contributed by atoms with Crippen LogP contribution >= 0.6 is 15.9 Å². The van der Waals surface area contributed by atoms with Crippen molar-refractivity contribution in [2.24, 2.45) is 11.8 Å². The fraction of sp³-hybridized carbons (Fsp3) is 0.500. The fourth-order valence-electron chi connectivity index (χ4n) is 2.56. The summed E-state index contributed by atoms with van der Waals surface area (Å²) in [6, 6.07) is 7.69. The van der Waals surface area contributed by atoms with Crippen LogP contribution in [0.25, 0.3) is 0 Å². The van der Waals surface area contributed by atoms with E-state index in [0.717, 1.165) is 10.0 Å². The van der Waals surface area contributed by atoms with Crippen LogP contribution in [0.4, 0.5) is 0 Å². The molecule has 0 saturated carbocycles. The van der Waals surface area contributed by atoms with Crippen LogP contribution in [-0.4, -0.2) is 18.7 Å². The summed E-state index contributed by atoms with van der Waals surface area (Å²) in [5.41, 5.74) is 0.909. The second kappa shape index (κ2) is 7.97. The Balaban J connectivity index is 1.96. The van der Waals surface area contributed by atoms with Gasteiger partial charge in [-0.15, -0.1) is 0 Å². The number of esters is 1. The zero-order valence-electron chi connectivity index (χ0n) is 13.9. The van der Waals surface area contributed by atoms with Gasteiger partial charge in [-0.25, -0.2) is 4.79 Å². The molecule has 1 aliphatic heterocycles. The number of hydrogen-bond donors (Lipinski definition) is 0. The minimum Gasteiger partial charge on any atom is -0.462 e. The molecular weight excluding hydrogens is 360 g/mol. The van der Waals surface area contributed by atoms with Crippen molar-refractivity contribution in [1.82, 2.24) is 0 Å². The zero-order chi connectivity index (χ0) is 17.0. The SMILES string of the molecule is CC(C)C(OC(=O)/C=C1/COC(c2ccc(Br)cc2)O1)C(C)C. The molecule has 23 heavy (non-hydrogen) atoms. The van der Waals surface area contributed by atoms with E-state index in [1.165, 1.54) is 6.08 Å². The van der Waals surface area contributed by atoms with Gasteiger partial charge in [0, 0.05) is 10.0 Å². The Kier molecular flexibility index (Phi) is 6.25. The molecule has 0 aromatic heterocycles. The van der Waals surface area contributed by atoms with E-state index in [4.69, 9.17) is 14.2 Å². The summed E-state index contributed by atoms with van der Waals surface area (Å²) in [7, 11) is 0. The van der Waals surface area contributed by atoms with Crippen molar-refractivity contribution in [3.8, 4) is 0 Å². The normalized spacial score (nSPS) is 19.7. The molecule has 126 valence electrons. The first-order chi connectivity index (χ1) is 10.9. The number of carbonyl (C=O) groups is 1. The zero-order valence-corrected chi connectivity index (χ0v) is 15.5. The molecule has 0 N–H and O–H groups in total. The van der Waals surface area contributed by atoms with Crippen molar-refractivity contribution in [1.29, 1.82) is 0 Å². The molecule has 0 bridgehead atoms. The molecule has 1 saturated heterocycles. The molecule has 5 heteroatoms. The first-order valence-corrected chi connectivity index (χ1v) is 8.61. The molecule has 0 amide bonds. The van der Waals surface area contributed by atoms with Crippen molar-refractivity contribution in [3.63, 3.8) is 0 Å². The monoisotopic (exact) mass is 382 g/mol. The molecule has 4 nitrogen and oxygen atoms in total. The van der Waals surface area contributed by atoms with Crippen molar-refractivity contribution < 1.29 is 19.0 Å². The summed E-state index contributed by atoms with van der Waals surface area (Å²) in [4.78, 5) is 12.1. The third-order valence-electron chi connectivity index (χ3n) is 3.62. The summed E-state index contributed by atoms with van der Waals surface area (Å²) in [6.07, 6.45) is 0.800. The summed E-state index contributed by atoms with van der Waals surface area (Å²) < 4.78 is 17.8. The molecule has 2 rings (SSSR count). The Morgan fingerprint density at radius 3 is 2.39 bits per heavy atom. The lowest BCUT2D eigenvalue weighted by Gasteiger charge is -2.24. The standard InChI is InChI=1S/C18H23BrO4/c1-11(2)17(12(3)4)23-16(20)9-15-10-21-18(22-15)13-5-7-14(19)8-6-13/h5-9,11-12,17-18H,10H2,1-4H3/b15-9-. The number of halogens is 1. The molecule has 1 aliphatic rings. The van der Waals surface area contributed by atoms with Crippen molar-refractivity contribution in [2.75, 3.05) is 6.61 Å². The van der Waals surface area contributed by atoms with E-state index in [1.54, 1.807) is 0 Å². The van der Waals surface area contributed by atoms with Crippen LogP contribution in [0.2, 0.25) is 0 Å². The Bertz CT molecular complexity index is 555. The van der Waals surface area contributed by atoms with Crippen LogP contribution in [0.3, 0.4) is 0 Å². The van der Waals surface area contributed by atoms with E-state index in [1.807, 2.05) is 52.0 Å². The average molecular weight is 383 g/mol. The van der Waals surface area contributed by atoms with Gasteiger partial charge >= 0.3 is 5.97 Å². The van der Waals surface area contributed by atoms with Crippen LogP contribution in [-0.2, 0) is 19.0 Å². The highest BCUT2D eigenvalue weighted by Crippen LogP contribution is 2.29.